The molecule has 314 valence electrons. The number of rotatable bonds is 5. The van der Waals surface area contributed by atoms with Gasteiger partial charge < -0.3 is 4.57 Å². The first-order chi connectivity index (χ1) is 33.0. The van der Waals surface area contributed by atoms with Gasteiger partial charge in [0, 0.05) is 49.7 Å². The summed E-state index contributed by atoms with van der Waals surface area (Å²) in [7, 11) is 0. The van der Waals surface area contributed by atoms with Gasteiger partial charge in [0.15, 0.2) is 0 Å². The molecule has 1 aliphatic rings. The average molecular weight is 855 g/mol. The van der Waals surface area contributed by atoms with Crippen molar-refractivity contribution in [1.29, 1.82) is 0 Å². The number of para-hydroxylation sites is 2. The number of benzene rings is 10. The second-order valence-corrected chi connectivity index (χ2v) is 18.5. The third kappa shape index (κ3) is 5.47. The number of aromatic nitrogens is 4. The molecule has 0 spiro atoms. The van der Waals surface area contributed by atoms with E-state index >= 15 is 0 Å². The van der Waals surface area contributed by atoms with Gasteiger partial charge in [0.25, 0.3) is 0 Å². The Labute approximate surface area is 387 Å². The molecule has 67 heavy (non-hydrogen) atoms. The third-order valence-corrected chi connectivity index (χ3v) is 14.5. The summed E-state index contributed by atoms with van der Waals surface area (Å²) in [4.78, 5) is 11.0. The lowest BCUT2D eigenvalue weighted by Gasteiger charge is -2.36. The first-order valence-corrected chi connectivity index (χ1v) is 23.2. The largest absolute Gasteiger partial charge is 0.309 e. The van der Waals surface area contributed by atoms with Crippen LogP contribution in [0.3, 0.4) is 0 Å². The molecule has 10 aromatic carbocycles. The average Bonchev–Trinajstić information content (AvgIpc) is 3.94. The van der Waals surface area contributed by atoms with Crippen LogP contribution in [-0.4, -0.2) is 19.1 Å². The molecule has 0 bridgehead atoms. The van der Waals surface area contributed by atoms with Crippen molar-refractivity contribution in [2.24, 2.45) is 0 Å². The van der Waals surface area contributed by atoms with Crippen LogP contribution in [0.25, 0.3) is 121 Å². The highest BCUT2D eigenvalue weighted by Gasteiger charge is 2.37. The van der Waals surface area contributed by atoms with Crippen LogP contribution in [0.2, 0.25) is 0 Å². The van der Waals surface area contributed by atoms with Gasteiger partial charge in [0.1, 0.15) is 0 Å². The molecule has 0 aliphatic heterocycles. The van der Waals surface area contributed by atoms with E-state index in [1.165, 1.54) is 82.4 Å². The van der Waals surface area contributed by atoms with Crippen molar-refractivity contribution in [3.63, 3.8) is 0 Å². The molecule has 0 radical (unpaired) electrons. The maximum absolute atomic E-state index is 5.61. The third-order valence-electron chi connectivity index (χ3n) is 14.5. The van der Waals surface area contributed by atoms with Crippen LogP contribution in [0.15, 0.2) is 219 Å². The lowest BCUT2D eigenvalue weighted by atomic mass is 9.68. The van der Waals surface area contributed by atoms with Gasteiger partial charge in [-0.3, -0.25) is 4.57 Å². The molecule has 0 fully saturated rings. The maximum atomic E-state index is 5.61. The van der Waals surface area contributed by atoms with E-state index in [4.69, 9.17) is 9.97 Å². The Kier molecular flexibility index (Phi) is 8.00. The molecule has 3 heterocycles. The van der Waals surface area contributed by atoms with E-state index in [0.29, 0.717) is 5.95 Å². The quantitative estimate of drug-likeness (QED) is 0.173. The summed E-state index contributed by atoms with van der Waals surface area (Å²) in [5.74, 6) is 0.660. The van der Waals surface area contributed by atoms with E-state index in [-0.39, 0.29) is 5.41 Å². The van der Waals surface area contributed by atoms with Gasteiger partial charge in [-0.2, -0.15) is 0 Å². The summed E-state index contributed by atoms with van der Waals surface area (Å²) in [6.07, 6.45) is 2.24. The van der Waals surface area contributed by atoms with Crippen molar-refractivity contribution < 1.29 is 0 Å². The lowest BCUT2D eigenvalue weighted by molar-refractivity contribution is 0.650. The van der Waals surface area contributed by atoms with Crippen LogP contribution < -0.4 is 0 Å². The molecule has 0 atom stereocenters. The molecular formula is C63H42N4. The fraction of sp³-hybridized carbons (Fsp3) is 0.0476. The fourth-order valence-corrected chi connectivity index (χ4v) is 11.5. The van der Waals surface area contributed by atoms with Crippen molar-refractivity contribution >= 4 is 65.2 Å². The minimum atomic E-state index is -0.277. The van der Waals surface area contributed by atoms with E-state index in [1.807, 2.05) is 0 Å². The summed E-state index contributed by atoms with van der Waals surface area (Å²) in [5.41, 5.74) is 17.1. The van der Waals surface area contributed by atoms with Crippen LogP contribution in [0.4, 0.5) is 0 Å². The van der Waals surface area contributed by atoms with Crippen molar-refractivity contribution in [2.45, 2.75) is 19.3 Å². The molecular weight excluding hydrogens is 813 g/mol. The number of hydrogen-bond acceptors (Lipinski definition) is 2. The van der Waals surface area contributed by atoms with Crippen LogP contribution in [-0.2, 0) is 5.41 Å². The Morgan fingerprint density at radius 2 is 1.01 bits per heavy atom. The molecule has 3 aromatic heterocycles. The molecule has 4 heteroatoms. The van der Waals surface area contributed by atoms with Gasteiger partial charge in [-0.15, -0.1) is 0 Å². The Morgan fingerprint density at radius 3 is 1.84 bits per heavy atom. The Hall–Kier alpha value is -8.60. The van der Waals surface area contributed by atoms with E-state index in [9.17, 15) is 0 Å². The van der Waals surface area contributed by atoms with Crippen LogP contribution in [0.5, 0.6) is 0 Å². The maximum Gasteiger partial charge on any atom is 0.235 e. The number of nitrogens with zero attached hydrogens (tertiary/aromatic N) is 4. The topological polar surface area (TPSA) is 35.6 Å². The van der Waals surface area contributed by atoms with Gasteiger partial charge in [0.2, 0.25) is 5.95 Å². The summed E-state index contributed by atoms with van der Waals surface area (Å²) in [6, 6.07) is 77.2. The van der Waals surface area contributed by atoms with E-state index in [2.05, 4.69) is 242 Å². The zero-order chi connectivity index (χ0) is 44.4. The zero-order valence-electron chi connectivity index (χ0n) is 37.1. The monoisotopic (exact) mass is 854 g/mol. The van der Waals surface area contributed by atoms with Crippen LogP contribution >= 0.6 is 0 Å². The molecule has 14 rings (SSSR count). The predicted octanol–water partition coefficient (Wildman–Crippen LogP) is 16.3. The van der Waals surface area contributed by atoms with E-state index in [0.717, 1.165) is 44.2 Å². The van der Waals surface area contributed by atoms with Crippen molar-refractivity contribution in [2.75, 3.05) is 0 Å². The Bertz CT molecular complexity index is 4170. The number of fused-ring (bicyclic) bond motifs is 9. The summed E-state index contributed by atoms with van der Waals surface area (Å²) in [5, 5.41) is 9.75. The highest BCUT2D eigenvalue weighted by atomic mass is 15.2. The SMILES string of the molecule is CC1(C)c2c(cc(-c3ccccc3)c3ccccc23)-c2nc(-n3cc(-c4ccc(-c5cccc6c5c5ccccc5n6-c5cccc6ccccc56)cc4)c4ccccc43)nc3cccc1c23. The zero-order valence-corrected chi connectivity index (χ0v) is 37.1. The Balaban J connectivity index is 0.926. The molecule has 0 unspecified atom stereocenters. The summed E-state index contributed by atoms with van der Waals surface area (Å²) >= 11 is 0. The highest BCUT2D eigenvalue weighted by Crippen LogP contribution is 2.52. The first kappa shape index (κ1) is 37.7. The summed E-state index contributed by atoms with van der Waals surface area (Å²) in [6.45, 7) is 4.71. The second-order valence-electron chi connectivity index (χ2n) is 18.5. The predicted molar refractivity (Wildman–Crippen MR) is 280 cm³/mol. The van der Waals surface area contributed by atoms with Gasteiger partial charge in [0.05, 0.1) is 33.4 Å². The standard InChI is InChI=1S/C63H42N4/c1-63(2)52-27-16-28-53-59(52)61(50-37-49(40-17-4-3-5-18-40)45-22-8-9-24-47(45)60(50)63)65-62(64-53)66-38-51(46-23-10-12-29-54(46)66)42-35-33-41(34-36-42)44-26-15-32-57-58(44)48-25-11-13-30-56(48)67(57)55-31-14-20-39-19-6-7-21-43(39)55/h3-38H,1-2H3. The fourth-order valence-electron chi connectivity index (χ4n) is 11.5. The minimum Gasteiger partial charge on any atom is -0.309 e. The van der Waals surface area contributed by atoms with Gasteiger partial charge >= 0.3 is 0 Å². The molecule has 0 saturated carbocycles. The van der Waals surface area contributed by atoms with Crippen molar-refractivity contribution in [1.82, 2.24) is 19.1 Å². The normalized spacial score (nSPS) is 13.0. The molecule has 0 amide bonds. The molecule has 4 nitrogen and oxygen atoms in total. The second kappa shape index (κ2) is 14.2. The van der Waals surface area contributed by atoms with Crippen LogP contribution in [0.1, 0.15) is 25.0 Å². The molecule has 0 saturated heterocycles. The van der Waals surface area contributed by atoms with Gasteiger partial charge in [-0.1, -0.05) is 190 Å². The minimum absolute atomic E-state index is 0.277. The van der Waals surface area contributed by atoms with E-state index < -0.39 is 0 Å². The first-order valence-electron chi connectivity index (χ1n) is 23.2. The molecule has 1 aliphatic carbocycles. The number of hydrogen-bond donors (Lipinski definition) is 0. The van der Waals surface area contributed by atoms with Gasteiger partial charge in [-0.25, -0.2) is 9.97 Å². The van der Waals surface area contributed by atoms with Crippen LogP contribution in [0, 0.1) is 0 Å². The smallest absolute Gasteiger partial charge is 0.235 e. The van der Waals surface area contributed by atoms with E-state index in [1.54, 1.807) is 0 Å². The Morgan fingerprint density at radius 1 is 0.403 bits per heavy atom. The highest BCUT2D eigenvalue weighted by molar-refractivity contribution is 6.17. The van der Waals surface area contributed by atoms with Gasteiger partial charge in [-0.05, 0) is 91.5 Å². The molecule has 13 aromatic rings. The molecule has 0 N–H and O–H groups in total. The van der Waals surface area contributed by atoms with Crippen molar-refractivity contribution in [3.05, 3.63) is 230 Å². The lowest BCUT2D eigenvalue weighted by Crippen LogP contribution is -2.25. The summed E-state index contributed by atoms with van der Waals surface area (Å²) < 4.78 is 4.63. The van der Waals surface area contributed by atoms with Crippen molar-refractivity contribution in [3.8, 4) is 56.3 Å².